The first-order valence-corrected chi connectivity index (χ1v) is 6.30. The number of carbonyl (C=O) groups excluding carboxylic acids is 1. The number of nitrogens with two attached hydrogens (primary N) is 1. The highest BCUT2D eigenvalue weighted by Gasteiger charge is 2.29. The van der Waals surface area contributed by atoms with Crippen molar-refractivity contribution in [2.24, 2.45) is 11.7 Å². The molecule has 1 aliphatic heterocycles. The normalized spacial score (nSPS) is 18.5. The molecule has 1 atom stereocenters. The number of rotatable bonds is 2. The van der Waals surface area contributed by atoms with Crippen molar-refractivity contribution in [2.45, 2.75) is 33.4 Å². The third kappa shape index (κ3) is 2.34. The van der Waals surface area contributed by atoms with E-state index in [1.165, 1.54) is 0 Å². The van der Waals surface area contributed by atoms with Crippen LogP contribution in [0.25, 0.3) is 0 Å². The van der Waals surface area contributed by atoms with Crippen molar-refractivity contribution >= 4 is 11.6 Å². The Hall–Kier alpha value is -1.55. The molecule has 4 nitrogen and oxygen atoms in total. The third-order valence-electron chi connectivity index (χ3n) is 3.32. The second-order valence-corrected chi connectivity index (χ2v) is 5.04. The van der Waals surface area contributed by atoms with Crippen molar-refractivity contribution in [1.29, 1.82) is 0 Å². The number of carbonyl (C=O) groups is 1. The predicted octanol–water partition coefficient (Wildman–Crippen LogP) is 1.92. The fourth-order valence-corrected chi connectivity index (χ4v) is 2.13. The molecular formula is C14H20N2O2. The van der Waals surface area contributed by atoms with Gasteiger partial charge in [0.05, 0.1) is 12.2 Å². The number of hydrogen-bond acceptors (Lipinski definition) is 3. The molecule has 98 valence electrons. The second-order valence-electron chi connectivity index (χ2n) is 5.04. The van der Waals surface area contributed by atoms with Crippen LogP contribution in [0.15, 0.2) is 18.2 Å². The number of hydrogen-bond donors (Lipinski definition) is 1. The van der Waals surface area contributed by atoms with Crippen molar-refractivity contribution in [2.75, 3.05) is 11.4 Å². The topological polar surface area (TPSA) is 55.6 Å². The van der Waals surface area contributed by atoms with Gasteiger partial charge in [0.15, 0.2) is 0 Å². The Labute approximate surface area is 108 Å². The number of amides is 1. The van der Waals surface area contributed by atoms with E-state index in [1.54, 1.807) is 11.8 Å². The zero-order valence-electron chi connectivity index (χ0n) is 11.1. The second kappa shape index (κ2) is 4.98. The molecule has 1 aromatic rings. The lowest BCUT2D eigenvalue weighted by Gasteiger charge is -2.36. The van der Waals surface area contributed by atoms with Gasteiger partial charge in [-0.25, -0.2) is 0 Å². The molecule has 0 radical (unpaired) electrons. The first kappa shape index (κ1) is 12.9. The van der Waals surface area contributed by atoms with Crippen molar-refractivity contribution in [1.82, 2.24) is 0 Å². The van der Waals surface area contributed by atoms with Crippen LogP contribution < -0.4 is 15.4 Å². The molecule has 0 bridgehead atoms. The molecule has 1 aliphatic rings. The maximum atomic E-state index is 11.7. The van der Waals surface area contributed by atoms with Crippen LogP contribution in [0.3, 0.4) is 0 Å². The van der Waals surface area contributed by atoms with Crippen LogP contribution in [0.5, 0.6) is 5.75 Å². The summed E-state index contributed by atoms with van der Waals surface area (Å²) >= 11 is 0. The summed E-state index contributed by atoms with van der Waals surface area (Å²) in [5.41, 5.74) is 7.50. The molecule has 2 N–H and O–H groups in total. The van der Waals surface area contributed by atoms with Gasteiger partial charge in [0.2, 0.25) is 5.91 Å². The highest BCUT2D eigenvalue weighted by atomic mass is 16.5. The summed E-state index contributed by atoms with van der Waals surface area (Å²) < 4.78 is 5.97. The molecule has 0 aromatic heterocycles. The Morgan fingerprint density at radius 3 is 2.83 bits per heavy atom. The molecule has 18 heavy (non-hydrogen) atoms. The van der Waals surface area contributed by atoms with Gasteiger partial charge in [-0.3, -0.25) is 4.79 Å². The van der Waals surface area contributed by atoms with E-state index in [4.69, 9.17) is 10.5 Å². The van der Waals surface area contributed by atoms with Crippen LogP contribution in [0.4, 0.5) is 5.69 Å². The minimum absolute atomic E-state index is 0.0365. The van der Waals surface area contributed by atoms with E-state index in [0.717, 1.165) is 17.0 Å². The molecular weight excluding hydrogens is 228 g/mol. The zero-order chi connectivity index (χ0) is 13.3. The van der Waals surface area contributed by atoms with E-state index in [9.17, 15) is 4.79 Å². The van der Waals surface area contributed by atoms with Gasteiger partial charge in [-0.1, -0.05) is 19.9 Å². The van der Waals surface area contributed by atoms with E-state index in [-0.39, 0.29) is 12.0 Å². The van der Waals surface area contributed by atoms with Gasteiger partial charge in [-0.05, 0) is 23.6 Å². The predicted molar refractivity (Wildman–Crippen MR) is 71.6 cm³/mol. The first-order chi connectivity index (χ1) is 8.52. The van der Waals surface area contributed by atoms with Crippen LogP contribution in [-0.2, 0) is 11.3 Å². The van der Waals surface area contributed by atoms with E-state index in [1.807, 2.05) is 18.2 Å². The number of benzene rings is 1. The van der Waals surface area contributed by atoms with Crippen molar-refractivity contribution < 1.29 is 9.53 Å². The molecule has 1 amide bonds. The zero-order valence-corrected chi connectivity index (χ0v) is 11.1. The molecule has 0 saturated carbocycles. The lowest BCUT2D eigenvalue weighted by molar-refractivity contribution is -0.117. The molecule has 1 unspecified atom stereocenters. The molecule has 4 heteroatoms. The average molecular weight is 248 g/mol. The van der Waals surface area contributed by atoms with Crippen molar-refractivity contribution in [3.05, 3.63) is 23.8 Å². The van der Waals surface area contributed by atoms with Gasteiger partial charge < -0.3 is 15.4 Å². The van der Waals surface area contributed by atoms with E-state index < -0.39 is 0 Å². The summed E-state index contributed by atoms with van der Waals surface area (Å²) in [7, 11) is 0. The Morgan fingerprint density at radius 2 is 2.28 bits per heavy atom. The highest BCUT2D eigenvalue weighted by molar-refractivity contribution is 5.93. The van der Waals surface area contributed by atoms with Gasteiger partial charge in [0.25, 0.3) is 0 Å². The Morgan fingerprint density at radius 1 is 1.56 bits per heavy atom. The molecule has 1 aromatic carbocycles. The quantitative estimate of drug-likeness (QED) is 0.870. The molecule has 2 rings (SSSR count). The molecule has 0 saturated heterocycles. The van der Waals surface area contributed by atoms with E-state index >= 15 is 0 Å². The minimum atomic E-state index is 0.0365. The standard InChI is InChI=1S/C14H20N2O2/c1-9(2)14-8-16(10(3)17)12-5-4-11(7-15)6-13(12)18-14/h4-6,9,14H,7-8,15H2,1-3H3. The summed E-state index contributed by atoms with van der Waals surface area (Å²) in [5, 5.41) is 0. The maximum absolute atomic E-state index is 11.7. The minimum Gasteiger partial charge on any atom is -0.486 e. The Bertz CT molecular complexity index is 457. The largest absolute Gasteiger partial charge is 0.486 e. The summed E-state index contributed by atoms with van der Waals surface area (Å²) in [5.74, 6) is 1.17. The average Bonchev–Trinajstić information content (AvgIpc) is 2.36. The van der Waals surface area contributed by atoms with Gasteiger partial charge >= 0.3 is 0 Å². The summed E-state index contributed by atoms with van der Waals surface area (Å²) in [6.45, 7) is 6.87. The van der Waals surface area contributed by atoms with Crippen LogP contribution in [0.2, 0.25) is 0 Å². The highest BCUT2D eigenvalue weighted by Crippen LogP contribution is 2.35. The molecule has 0 fully saturated rings. The maximum Gasteiger partial charge on any atom is 0.224 e. The van der Waals surface area contributed by atoms with Crippen molar-refractivity contribution in [3.63, 3.8) is 0 Å². The number of anilines is 1. The lowest BCUT2D eigenvalue weighted by atomic mass is 10.0. The van der Waals surface area contributed by atoms with Crippen molar-refractivity contribution in [3.8, 4) is 5.75 Å². The van der Waals surface area contributed by atoms with Gasteiger partial charge in [0, 0.05) is 13.5 Å². The fourth-order valence-electron chi connectivity index (χ4n) is 2.13. The number of ether oxygens (including phenoxy) is 1. The first-order valence-electron chi connectivity index (χ1n) is 6.30. The summed E-state index contributed by atoms with van der Waals surface area (Å²) in [4.78, 5) is 13.5. The van der Waals surface area contributed by atoms with E-state index in [0.29, 0.717) is 19.0 Å². The summed E-state index contributed by atoms with van der Waals surface area (Å²) in [6, 6.07) is 5.78. The van der Waals surface area contributed by atoms with Crippen LogP contribution >= 0.6 is 0 Å². The lowest BCUT2D eigenvalue weighted by Crippen LogP contribution is -2.44. The summed E-state index contributed by atoms with van der Waals surface area (Å²) in [6.07, 6.45) is 0.0365. The molecule has 0 spiro atoms. The van der Waals surface area contributed by atoms with Gasteiger partial charge in [-0.15, -0.1) is 0 Å². The van der Waals surface area contributed by atoms with Crippen LogP contribution in [-0.4, -0.2) is 18.6 Å². The van der Waals surface area contributed by atoms with E-state index in [2.05, 4.69) is 13.8 Å². The van der Waals surface area contributed by atoms with Crippen LogP contribution in [0, 0.1) is 5.92 Å². The SMILES string of the molecule is CC(=O)N1CC(C(C)C)Oc2cc(CN)ccc21. The molecule has 1 heterocycles. The smallest absolute Gasteiger partial charge is 0.224 e. The molecule has 0 aliphatic carbocycles. The third-order valence-corrected chi connectivity index (χ3v) is 3.32. The number of nitrogens with zero attached hydrogens (tertiary/aromatic N) is 1. The van der Waals surface area contributed by atoms with Crippen LogP contribution in [0.1, 0.15) is 26.3 Å². The number of fused-ring (bicyclic) bond motifs is 1. The fraction of sp³-hybridized carbons (Fsp3) is 0.500. The Balaban J connectivity index is 2.41. The van der Waals surface area contributed by atoms with Gasteiger partial charge in [0.1, 0.15) is 11.9 Å². The Kier molecular flexibility index (Phi) is 3.57. The monoisotopic (exact) mass is 248 g/mol. The van der Waals surface area contributed by atoms with Gasteiger partial charge in [-0.2, -0.15) is 0 Å².